The van der Waals surface area contributed by atoms with Crippen LogP contribution >= 0.6 is 0 Å². The van der Waals surface area contributed by atoms with Gasteiger partial charge in [-0.05, 0) is 38.6 Å². The summed E-state index contributed by atoms with van der Waals surface area (Å²) in [7, 11) is 3.85. The van der Waals surface area contributed by atoms with E-state index < -0.39 is 0 Å². The molecule has 1 N–H and O–H groups in total. The number of nitrogens with one attached hydrogen (secondary N) is 1. The van der Waals surface area contributed by atoms with Crippen LogP contribution in [0.2, 0.25) is 0 Å². The number of rotatable bonds is 9. The average Bonchev–Trinajstić information content (AvgIpc) is 2.39. The predicted molar refractivity (Wildman–Crippen MR) is 83.6 cm³/mol. The molecule has 1 aromatic heterocycles. The largest absolute Gasteiger partial charge is 0.383 e. The number of aromatic nitrogens is 1. The molecule has 0 aromatic carbocycles. The summed E-state index contributed by atoms with van der Waals surface area (Å²) in [4.78, 5) is 6.97. The molecule has 0 fully saturated rings. The van der Waals surface area contributed by atoms with E-state index in [-0.39, 0.29) is 0 Å². The second-order valence-corrected chi connectivity index (χ2v) is 5.86. The fraction of sp³-hybridized carbons (Fsp3) is 0.688. The quantitative estimate of drug-likeness (QED) is 0.752. The van der Waals surface area contributed by atoms with Crippen molar-refractivity contribution in [3.63, 3.8) is 0 Å². The van der Waals surface area contributed by atoms with E-state index >= 15 is 0 Å². The molecule has 0 spiro atoms. The van der Waals surface area contributed by atoms with Crippen LogP contribution in [0.25, 0.3) is 0 Å². The fourth-order valence-electron chi connectivity index (χ4n) is 1.98. The van der Waals surface area contributed by atoms with Gasteiger partial charge in [0.05, 0.1) is 18.0 Å². The van der Waals surface area contributed by atoms with Crippen LogP contribution in [0.1, 0.15) is 32.2 Å². The lowest BCUT2D eigenvalue weighted by Crippen LogP contribution is -2.32. The van der Waals surface area contributed by atoms with Crippen molar-refractivity contribution in [2.45, 2.75) is 39.9 Å². The van der Waals surface area contributed by atoms with Gasteiger partial charge in [0.2, 0.25) is 0 Å². The molecule has 0 bridgehead atoms. The maximum Gasteiger partial charge on any atom is 0.0615 e. The molecule has 1 aromatic rings. The maximum atomic E-state index is 5.19. The Labute approximate surface area is 123 Å². The molecule has 4 heteroatoms. The van der Waals surface area contributed by atoms with Crippen molar-refractivity contribution < 1.29 is 4.74 Å². The molecule has 0 radical (unpaired) electrons. The molecule has 0 aliphatic heterocycles. The van der Waals surface area contributed by atoms with E-state index in [1.165, 1.54) is 0 Å². The summed E-state index contributed by atoms with van der Waals surface area (Å²) in [5, 5.41) is 3.43. The summed E-state index contributed by atoms with van der Waals surface area (Å²) < 4.78 is 5.19. The van der Waals surface area contributed by atoms with Crippen LogP contribution in [-0.4, -0.2) is 43.2 Å². The van der Waals surface area contributed by atoms with Crippen LogP contribution in [0.15, 0.2) is 18.2 Å². The van der Waals surface area contributed by atoms with E-state index in [9.17, 15) is 0 Å². The molecule has 114 valence electrons. The zero-order valence-corrected chi connectivity index (χ0v) is 13.5. The summed E-state index contributed by atoms with van der Waals surface area (Å²) >= 11 is 0. The zero-order valence-electron chi connectivity index (χ0n) is 13.5. The van der Waals surface area contributed by atoms with E-state index in [0.29, 0.717) is 12.0 Å². The highest BCUT2D eigenvalue weighted by Crippen LogP contribution is 2.06. The van der Waals surface area contributed by atoms with Gasteiger partial charge in [-0.15, -0.1) is 0 Å². The van der Waals surface area contributed by atoms with Gasteiger partial charge in [0.25, 0.3) is 0 Å². The molecule has 1 atom stereocenters. The van der Waals surface area contributed by atoms with Crippen molar-refractivity contribution in [3.05, 3.63) is 29.6 Å². The first kappa shape index (κ1) is 17.1. The smallest absolute Gasteiger partial charge is 0.0615 e. The van der Waals surface area contributed by atoms with Crippen LogP contribution in [0.3, 0.4) is 0 Å². The summed E-state index contributed by atoms with van der Waals surface area (Å²) in [5.74, 6) is 0.666. The summed E-state index contributed by atoms with van der Waals surface area (Å²) in [6.07, 6.45) is 0. The Morgan fingerprint density at radius 2 is 1.95 bits per heavy atom. The molecule has 20 heavy (non-hydrogen) atoms. The number of likely N-dealkylation sites (N-methyl/N-ethyl adjacent to an activating group) is 1. The molecule has 0 amide bonds. The summed E-state index contributed by atoms with van der Waals surface area (Å²) in [5.41, 5.74) is 2.22. The van der Waals surface area contributed by atoms with Crippen molar-refractivity contribution >= 4 is 0 Å². The maximum absolute atomic E-state index is 5.19. The van der Waals surface area contributed by atoms with Gasteiger partial charge in [0.15, 0.2) is 0 Å². The van der Waals surface area contributed by atoms with Gasteiger partial charge in [0, 0.05) is 26.2 Å². The third-order valence-electron chi connectivity index (χ3n) is 3.29. The van der Waals surface area contributed by atoms with Crippen LogP contribution in [0.4, 0.5) is 0 Å². The highest BCUT2D eigenvalue weighted by Gasteiger charge is 2.10. The van der Waals surface area contributed by atoms with Crippen LogP contribution in [-0.2, 0) is 17.8 Å². The Hall–Kier alpha value is -0.970. The molecule has 0 aliphatic carbocycles. The van der Waals surface area contributed by atoms with E-state index in [4.69, 9.17) is 9.72 Å². The van der Waals surface area contributed by atoms with Gasteiger partial charge >= 0.3 is 0 Å². The Morgan fingerprint density at radius 3 is 2.60 bits per heavy atom. The van der Waals surface area contributed by atoms with Gasteiger partial charge < -0.3 is 10.1 Å². The first-order valence-electron chi connectivity index (χ1n) is 7.37. The Morgan fingerprint density at radius 1 is 1.25 bits per heavy atom. The molecule has 0 saturated heterocycles. The van der Waals surface area contributed by atoms with Crippen LogP contribution < -0.4 is 5.32 Å². The van der Waals surface area contributed by atoms with E-state index in [1.807, 2.05) is 0 Å². The number of hydrogen-bond acceptors (Lipinski definition) is 4. The number of methoxy groups -OCH3 is 1. The molecule has 4 nitrogen and oxygen atoms in total. The SMILES string of the molecule is COCC(C)N(C)Cc1cccc(CNCC(C)C)n1. The van der Waals surface area contributed by atoms with Crippen molar-refractivity contribution in [1.29, 1.82) is 0 Å². The second kappa shape index (κ2) is 9.06. The lowest BCUT2D eigenvalue weighted by atomic mass is 10.2. The van der Waals surface area contributed by atoms with Crippen LogP contribution in [0, 0.1) is 5.92 Å². The van der Waals surface area contributed by atoms with Crippen molar-refractivity contribution in [3.8, 4) is 0 Å². The normalized spacial score (nSPS) is 13.2. The van der Waals surface area contributed by atoms with E-state index in [0.717, 1.165) is 37.6 Å². The summed E-state index contributed by atoms with van der Waals surface area (Å²) in [6.45, 7) is 10.0. The third-order valence-corrected chi connectivity index (χ3v) is 3.29. The molecule has 1 heterocycles. The van der Waals surface area contributed by atoms with E-state index in [2.05, 4.69) is 56.2 Å². The van der Waals surface area contributed by atoms with Crippen molar-refractivity contribution in [2.75, 3.05) is 27.3 Å². The minimum atomic E-state index is 0.393. The Balaban J connectivity index is 2.50. The van der Waals surface area contributed by atoms with Gasteiger partial charge in [-0.3, -0.25) is 9.88 Å². The van der Waals surface area contributed by atoms with Gasteiger partial charge in [-0.1, -0.05) is 19.9 Å². The Kier molecular flexibility index (Phi) is 7.73. The first-order chi connectivity index (χ1) is 9.52. The highest BCUT2D eigenvalue weighted by molar-refractivity contribution is 5.11. The number of pyridine rings is 1. The Bertz CT molecular complexity index is 382. The minimum absolute atomic E-state index is 0.393. The van der Waals surface area contributed by atoms with Gasteiger partial charge in [0.1, 0.15) is 0 Å². The van der Waals surface area contributed by atoms with Crippen LogP contribution in [0.5, 0.6) is 0 Å². The third kappa shape index (κ3) is 6.46. The highest BCUT2D eigenvalue weighted by atomic mass is 16.5. The zero-order chi connectivity index (χ0) is 15.0. The van der Waals surface area contributed by atoms with E-state index in [1.54, 1.807) is 7.11 Å². The topological polar surface area (TPSA) is 37.4 Å². The number of ether oxygens (including phenoxy) is 1. The first-order valence-corrected chi connectivity index (χ1v) is 7.37. The molecular weight excluding hydrogens is 250 g/mol. The minimum Gasteiger partial charge on any atom is -0.383 e. The lowest BCUT2D eigenvalue weighted by molar-refractivity contribution is 0.111. The molecule has 1 rings (SSSR count). The molecule has 0 saturated carbocycles. The average molecular weight is 279 g/mol. The predicted octanol–water partition coefficient (Wildman–Crippen LogP) is 2.29. The summed E-state index contributed by atoms with van der Waals surface area (Å²) in [6, 6.07) is 6.64. The van der Waals surface area contributed by atoms with Gasteiger partial charge in [-0.2, -0.15) is 0 Å². The monoisotopic (exact) mass is 279 g/mol. The molecular formula is C16H29N3O. The lowest BCUT2D eigenvalue weighted by Gasteiger charge is -2.23. The molecule has 0 aliphatic rings. The number of hydrogen-bond donors (Lipinski definition) is 1. The van der Waals surface area contributed by atoms with Gasteiger partial charge in [-0.25, -0.2) is 0 Å². The standard InChI is InChI=1S/C16H29N3O/c1-13(2)9-17-10-15-7-6-8-16(18-15)11-19(4)14(3)12-20-5/h6-8,13-14,17H,9-12H2,1-5H3. The molecule has 1 unspecified atom stereocenters. The fourth-order valence-corrected chi connectivity index (χ4v) is 1.98. The number of nitrogens with zero attached hydrogens (tertiary/aromatic N) is 2. The van der Waals surface area contributed by atoms with Crippen molar-refractivity contribution in [2.24, 2.45) is 5.92 Å². The second-order valence-electron chi connectivity index (χ2n) is 5.86. The van der Waals surface area contributed by atoms with Crippen molar-refractivity contribution in [1.82, 2.24) is 15.2 Å².